The molecular weight excluding hydrogens is 314 g/mol. The van der Waals surface area contributed by atoms with Crippen LogP contribution in [0.2, 0.25) is 0 Å². The molecule has 1 heterocycles. The van der Waals surface area contributed by atoms with E-state index >= 15 is 0 Å². The second-order valence-electron chi connectivity index (χ2n) is 6.18. The Labute approximate surface area is 143 Å². The van der Waals surface area contributed by atoms with Gasteiger partial charge in [-0.2, -0.15) is 0 Å². The molecule has 0 unspecified atom stereocenters. The van der Waals surface area contributed by atoms with Gasteiger partial charge in [0.05, 0.1) is 6.54 Å². The van der Waals surface area contributed by atoms with Crippen molar-refractivity contribution < 1.29 is 9.59 Å². The van der Waals surface area contributed by atoms with E-state index in [1.807, 2.05) is 29.2 Å². The van der Waals surface area contributed by atoms with Crippen molar-refractivity contribution in [2.45, 2.75) is 32.1 Å². The van der Waals surface area contributed by atoms with Crippen LogP contribution in [0.5, 0.6) is 0 Å². The number of hydrogen-bond donors (Lipinski definition) is 2. The molecule has 1 aliphatic heterocycles. The second-order valence-corrected chi connectivity index (χ2v) is 6.18. The molecular formula is C17H24ClN3O2. The SMILES string of the molecule is Cl.O=C(CNCC1CC1)Nc1cccc(N2CCCCC2=O)c1. The summed E-state index contributed by atoms with van der Waals surface area (Å²) in [6.45, 7) is 2.03. The molecule has 2 aliphatic rings. The number of carbonyl (C=O) groups excluding carboxylic acids is 2. The van der Waals surface area contributed by atoms with Crippen molar-refractivity contribution in [3.63, 3.8) is 0 Å². The van der Waals surface area contributed by atoms with Gasteiger partial charge in [0.25, 0.3) is 0 Å². The molecule has 1 saturated carbocycles. The molecule has 2 amide bonds. The lowest BCUT2D eigenvalue weighted by molar-refractivity contribution is -0.119. The Bertz CT molecular complexity index is 561. The zero-order chi connectivity index (χ0) is 15.4. The number of nitrogens with one attached hydrogen (secondary N) is 2. The fraction of sp³-hybridized carbons (Fsp3) is 0.529. The lowest BCUT2D eigenvalue weighted by Crippen LogP contribution is -2.35. The van der Waals surface area contributed by atoms with Crippen molar-refractivity contribution in [3.8, 4) is 0 Å². The van der Waals surface area contributed by atoms with Crippen molar-refractivity contribution in [3.05, 3.63) is 24.3 Å². The van der Waals surface area contributed by atoms with E-state index in [9.17, 15) is 9.59 Å². The predicted octanol–water partition coefficient (Wildman–Crippen LogP) is 2.56. The van der Waals surface area contributed by atoms with Gasteiger partial charge in [-0.25, -0.2) is 0 Å². The van der Waals surface area contributed by atoms with Gasteiger partial charge in [0.2, 0.25) is 11.8 Å². The lowest BCUT2D eigenvalue weighted by Gasteiger charge is -2.27. The molecule has 1 aromatic carbocycles. The normalized spacial score (nSPS) is 17.6. The van der Waals surface area contributed by atoms with Gasteiger partial charge in [0.1, 0.15) is 0 Å². The highest BCUT2D eigenvalue weighted by atomic mass is 35.5. The van der Waals surface area contributed by atoms with Crippen LogP contribution in [0, 0.1) is 5.92 Å². The minimum absolute atomic E-state index is 0. The van der Waals surface area contributed by atoms with E-state index in [0.29, 0.717) is 13.0 Å². The van der Waals surface area contributed by atoms with Crippen LogP contribution in [0.1, 0.15) is 32.1 Å². The van der Waals surface area contributed by atoms with Crippen molar-refractivity contribution in [1.29, 1.82) is 0 Å². The minimum Gasteiger partial charge on any atom is -0.325 e. The summed E-state index contributed by atoms with van der Waals surface area (Å²) < 4.78 is 0. The molecule has 1 aromatic rings. The van der Waals surface area contributed by atoms with Gasteiger partial charge in [0.15, 0.2) is 0 Å². The van der Waals surface area contributed by atoms with E-state index in [1.165, 1.54) is 12.8 Å². The maximum absolute atomic E-state index is 12.0. The number of halogens is 1. The van der Waals surface area contributed by atoms with Gasteiger partial charge in [-0.15, -0.1) is 12.4 Å². The monoisotopic (exact) mass is 337 g/mol. The summed E-state index contributed by atoms with van der Waals surface area (Å²) >= 11 is 0. The molecule has 5 nitrogen and oxygen atoms in total. The Morgan fingerprint density at radius 2 is 2.09 bits per heavy atom. The van der Waals surface area contributed by atoms with Gasteiger partial charge >= 0.3 is 0 Å². The Morgan fingerprint density at radius 3 is 2.83 bits per heavy atom. The first-order valence-electron chi connectivity index (χ1n) is 8.13. The molecule has 1 saturated heterocycles. The zero-order valence-corrected chi connectivity index (χ0v) is 14.0. The van der Waals surface area contributed by atoms with Crippen LogP contribution >= 0.6 is 12.4 Å². The summed E-state index contributed by atoms with van der Waals surface area (Å²) in [4.78, 5) is 25.7. The fourth-order valence-electron chi connectivity index (χ4n) is 2.75. The Morgan fingerprint density at radius 1 is 1.26 bits per heavy atom. The van der Waals surface area contributed by atoms with Crippen molar-refractivity contribution >= 4 is 35.6 Å². The van der Waals surface area contributed by atoms with Crippen molar-refractivity contribution in [2.75, 3.05) is 29.9 Å². The van der Waals surface area contributed by atoms with E-state index in [4.69, 9.17) is 0 Å². The fourth-order valence-corrected chi connectivity index (χ4v) is 2.75. The van der Waals surface area contributed by atoms with E-state index < -0.39 is 0 Å². The molecule has 0 bridgehead atoms. The first kappa shape index (κ1) is 17.8. The average Bonchev–Trinajstić information content (AvgIpc) is 3.32. The quantitative estimate of drug-likeness (QED) is 0.838. The van der Waals surface area contributed by atoms with E-state index in [1.54, 1.807) is 0 Å². The molecule has 0 atom stereocenters. The van der Waals surface area contributed by atoms with Crippen molar-refractivity contribution in [1.82, 2.24) is 5.32 Å². The number of piperidine rings is 1. The highest BCUT2D eigenvalue weighted by Crippen LogP contribution is 2.27. The number of nitrogens with zero attached hydrogens (tertiary/aromatic N) is 1. The number of hydrogen-bond acceptors (Lipinski definition) is 3. The first-order valence-corrected chi connectivity index (χ1v) is 8.13. The number of anilines is 2. The number of rotatable bonds is 6. The van der Waals surface area contributed by atoms with E-state index in [2.05, 4.69) is 10.6 Å². The largest absolute Gasteiger partial charge is 0.325 e. The van der Waals surface area contributed by atoms with Gasteiger partial charge in [-0.3, -0.25) is 9.59 Å². The second kappa shape index (κ2) is 8.31. The lowest BCUT2D eigenvalue weighted by atomic mass is 10.1. The van der Waals surface area contributed by atoms with E-state index in [0.717, 1.165) is 43.2 Å². The number of benzene rings is 1. The summed E-state index contributed by atoms with van der Waals surface area (Å²) in [6.07, 6.45) is 5.18. The average molecular weight is 338 g/mol. The molecule has 6 heteroatoms. The first-order chi connectivity index (χ1) is 10.7. The molecule has 23 heavy (non-hydrogen) atoms. The van der Waals surface area contributed by atoms with Crippen LogP contribution in [-0.2, 0) is 9.59 Å². The van der Waals surface area contributed by atoms with Crippen LogP contribution in [0.4, 0.5) is 11.4 Å². The molecule has 2 fully saturated rings. The van der Waals surface area contributed by atoms with Crippen LogP contribution in [-0.4, -0.2) is 31.4 Å². The van der Waals surface area contributed by atoms with Gasteiger partial charge in [-0.05, 0) is 56.3 Å². The van der Waals surface area contributed by atoms with Gasteiger partial charge in [-0.1, -0.05) is 6.07 Å². The van der Waals surface area contributed by atoms with Crippen molar-refractivity contribution in [2.24, 2.45) is 5.92 Å². The van der Waals surface area contributed by atoms with Crippen LogP contribution in [0.15, 0.2) is 24.3 Å². The summed E-state index contributed by atoms with van der Waals surface area (Å²) in [5, 5.41) is 6.07. The Kier molecular flexibility index (Phi) is 6.42. The van der Waals surface area contributed by atoms with Crippen LogP contribution in [0.3, 0.4) is 0 Å². The summed E-state index contributed by atoms with van der Waals surface area (Å²) in [5.74, 6) is 0.893. The standard InChI is InChI=1S/C17H23N3O2.ClH/c21-16(12-18-11-13-7-8-13)19-14-4-3-5-15(10-14)20-9-2-1-6-17(20)22;/h3-5,10,13,18H,1-2,6-9,11-12H2,(H,19,21);1H. The zero-order valence-electron chi connectivity index (χ0n) is 13.2. The number of carbonyl (C=O) groups is 2. The van der Waals surface area contributed by atoms with Gasteiger partial charge < -0.3 is 15.5 Å². The Balaban J connectivity index is 0.00000192. The minimum atomic E-state index is -0.0391. The highest BCUT2D eigenvalue weighted by molar-refractivity contribution is 5.96. The molecule has 0 spiro atoms. The van der Waals surface area contributed by atoms with Crippen LogP contribution < -0.4 is 15.5 Å². The molecule has 3 rings (SSSR count). The summed E-state index contributed by atoms with van der Waals surface area (Å²) in [6, 6.07) is 7.54. The number of amides is 2. The Hall–Kier alpha value is -1.59. The predicted molar refractivity (Wildman–Crippen MR) is 94.1 cm³/mol. The van der Waals surface area contributed by atoms with E-state index in [-0.39, 0.29) is 24.2 Å². The van der Waals surface area contributed by atoms with Crippen LogP contribution in [0.25, 0.3) is 0 Å². The maximum atomic E-state index is 12.0. The molecule has 1 aliphatic carbocycles. The molecule has 0 radical (unpaired) electrons. The molecule has 0 aromatic heterocycles. The maximum Gasteiger partial charge on any atom is 0.238 e. The third kappa shape index (κ3) is 5.22. The van der Waals surface area contributed by atoms with Gasteiger partial charge in [0, 0.05) is 24.3 Å². The molecule has 2 N–H and O–H groups in total. The third-order valence-corrected chi connectivity index (χ3v) is 4.18. The topological polar surface area (TPSA) is 61.4 Å². The third-order valence-electron chi connectivity index (χ3n) is 4.18. The molecule has 126 valence electrons. The smallest absolute Gasteiger partial charge is 0.238 e. The summed E-state index contributed by atoms with van der Waals surface area (Å²) in [5.41, 5.74) is 1.61. The summed E-state index contributed by atoms with van der Waals surface area (Å²) in [7, 11) is 0. The highest BCUT2D eigenvalue weighted by Gasteiger charge is 2.21.